The largest absolute Gasteiger partial charge is 0.416 e. The van der Waals surface area contributed by atoms with E-state index in [2.05, 4.69) is 10.0 Å². The molecule has 192 valence electrons. The Morgan fingerprint density at radius 2 is 1.44 bits per heavy atom. The van der Waals surface area contributed by atoms with Crippen molar-refractivity contribution in [2.45, 2.75) is 28.9 Å². The van der Waals surface area contributed by atoms with Crippen molar-refractivity contribution in [1.29, 1.82) is 0 Å². The van der Waals surface area contributed by atoms with Crippen molar-refractivity contribution in [3.8, 4) is 0 Å². The van der Waals surface area contributed by atoms with Gasteiger partial charge in [-0.15, -0.1) is 0 Å². The van der Waals surface area contributed by atoms with Crippen LogP contribution in [0.25, 0.3) is 0 Å². The van der Waals surface area contributed by atoms with Crippen LogP contribution in [0.2, 0.25) is 0 Å². The van der Waals surface area contributed by atoms with Crippen LogP contribution < -0.4 is 14.8 Å². The van der Waals surface area contributed by atoms with E-state index < -0.39 is 54.4 Å². The van der Waals surface area contributed by atoms with Gasteiger partial charge in [-0.25, -0.2) is 21.2 Å². The maximum Gasteiger partial charge on any atom is 0.416 e. The highest BCUT2D eigenvalue weighted by Crippen LogP contribution is 2.30. The van der Waals surface area contributed by atoms with Gasteiger partial charge in [-0.1, -0.05) is 24.3 Å². The van der Waals surface area contributed by atoms with Gasteiger partial charge in [0, 0.05) is 5.69 Å². The number of anilines is 2. The number of benzene rings is 3. The van der Waals surface area contributed by atoms with Gasteiger partial charge in [0.25, 0.3) is 10.0 Å². The lowest BCUT2D eigenvalue weighted by molar-refractivity contribution is -0.137. The molecule has 1 atom stereocenters. The monoisotopic (exact) mass is 545 g/mol. The van der Waals surface area contributed by atoms with Gasteiger partial charge in [-0.2, -0.15) is 17.9 Å². The van der Waals surface area contributed by atoms with Crippen LogP contribution in [0.1, 0.15) is 12.5 Å². The summed E-state index contributed by atoms with van der Waals surface area (Å²) in [5.74, 6) is -1.71. The predicted molar refractivity (Wildman–Crippen MR) is 124 cm³/mol. The average Bonchev–Trinajstić information content (AvgIpc) is 2.80. The fraction of sp³-hybridized carbons (Fsp3) is 0.136. The maximum atomic E-state index is 13.8. The van der Waals surface area contributed by atoms with Crippen LogP contribution in [0.5, 0.6) is 0 Å². The number of sulfonamides is 2. The van der Waals surface area contributed by atoms with Crippen molar-refractivity contribution >= 4 is 37.3 Å². The molecule has 1 amide bonds. The molecule has 0 aliphatic heterocycles. The van der Waals surface area contributed by atoms with Gasteiger partial charge >= 0.3 is 6.18 Å². The molecular weight excluding hydrogens is 526 g/mol. The average molecular weight is 546 g/mol. The summed E-state index contributed by atoms with van der Waals surface area (Å²) in [6, 6.07) is 11.5. The van der Waals surface area contributed by atoms with Crippen molar-refractivity contribution in [2.75, 3.05) is 10.0 Å². The Balaban J connectivity index is 1.73. The highest BCUT2D eigenvalue weighted by Gasteiger charge is 2.32. The summed E-state index contributed by atoms with van der Waals surface area (Å²) < 4.78 is 107. The summed E-state index contributed by atoms with van der Waals surface area (Å²) in [5.41, 5.74) is -1.49. The van der Waals surface area contributed by atoms with Gasteiger partial charge in [-0.3, -0.25) is 9.52 Å². The summed E-state index contributed by atoms with van der Waals surface area (Å²) in [6.07, 6.45) is -4.76. The molecule has 3 N–H and O–H groups in total. The van der Waals surface area contributed by atoms with Crippen molar-refractivity contribution in [3.05, 3.63) is 84.2 Å². The molecule has 0 unspecified atom stereocenters. The van der Waals surface area contributed by atoms with Crippen LogP contribution in [-0.4, -0.2) is 28.8 Å². The van der Waals surface area contributed by atoms with Crippen molar-refractivity contribution < 1.29 is 39.2 Å². The summed E-state index contributed by atoms with van der Waals surface area (Å²) in [4.78, 5) is 11.5. The molecule has 0 fully saturated rings. The van der Waals surface area contributed by atoms with E-state index >= 15 is 0 Å². The van der Waals surface area contributed by atoms with E-state index in [1.807, 2.05) is 4.72 Å². The van der Waals surface area contributed by atoms with Crippen LogP contribution >= 0.6 is 0 Å². The minimum atomic E-state index is -4.76. The summed E-state index contributed by atoms with van der Waals surface area (Å²) in [7, 11) is -8.74. The van der Waals surface area contributed by atoms with E-state index in [1.54, 1.807) is 0 Å². The molecule has 0 radical (unpaired) electrons. The molecule has 0 heterocycles. The predicted octanol–water partition coefficient (Wildman–Crippen LogP) is 3.95. The van der Waals surface area contributed by atoms with E-state index in [0.29, 0.717) is 12.1 Å². The Bertz CT molecular complexity index is 1490. The quantitative estimate of drug-likeness (QED) is 0.370. The van der Waals surface area contributed by atoms with E-state index in [1.165, 1.54) is 36.4 Å². The molecule has 0 spiro atoms. The Hall–Kier alpha value is -3.49. The molecule has 0 aromatic heterocycles. The van der Waals surface area contributed by atoms with E-state index in [0.717, 1.165) is 31.2 Å². The zero-order valence-corrected chi connectivity index (χ0v) is 20.0. The fourth-order valence-electron chi connectivity index (χ4n) is 2.93. The maximum absolute atomic E-state index is 13.8. The van der Waals surface area contributed by atoms with E-state index in [9.17, 15) is 39.2 Å². The highest BCUT2D eigenvalue weighted by atomic mass is 32.2. The first kappa shape index (κ1) is 27.1. The lowest BCUT2D eigenvalue weighted by Gasteiger charge is -2.16. The Morgan fingerprint density at radius 3 is 2.08 bits per heavy atom. The number of hydrogen-bond donors (Lipinski definition) is 3. The normalized spacial score (nSPS) is 13.1. The highest BCUT2D eigenvalue weighted by molar-refractivity contribution is 7.92. The SMILES string of the molecule is C[C@@H](NS(=O)(=O)c1cccc(C(F)(F)F)c1)C(=O)Nc1cccc(S(=O)(=O)Nc2ccccc2F)c1. The van der Waals surface area contributed by atoms with E-state index in [4.69, 9.17) is 0 Å². The topological polar surface area (TPSA) is 121 Å². The number of para-hydroxylation sites is 1. The minimum absolute atomic E-state index is 0.0264. The number of amides is 1. The molecular formula is C22H19F4N3O5S2. The third-order valence-corrected chi connectivity index (χ3v) is 7.63. The number of halogens is 4. The Morgan fingerprint density at radius 1 is 0.833 bits per heavy atom. The number of carbonyl (C=O) groups is 1. The van der Waals surface area contributed by atoms with Gasteiger partial charge < -0.3 is 5.32 Å². The van der Waals surface area contributed by atoms with Crippen molar-refractivity contribution in [1.82, 2.24) is 4.72 Å². The van der Waals surface area contributed by atoms with Gasteiger partial charge in [0.15, 0.2) is 0 Å². The van der Waals surface area contributed by atoms with Crippen molar-refractivity contribution in [3.63, 3.8) is 0 Å². The molecule has 0 aliphatic rings. The van der Waals surface area contributed by atoms with Gasteiger partial charge in [0.1, 0.15) is 5.82 Å². The number of hydrogen-bond acceptors (Lipinski definition) is 5. The zero-order valence-electron chi connectivity index (χ0n) is 18.4. The molecule has 3 rings (SSSR count). The number of nitrogens with one attached hydrogen (secondary N) is 3. The van der Waals surface area contributed by atoms with Crippen LogP contribution in [0.3, 0.4) is 0 Å². The first-order chi connectivity index (χ1) is 16.7. The lowest BCUT2D eigenvalue weighted by Crippen LogP contribution is -2.41. The minimum Gasteiger partial charge on any atom is -0.325 e. The van der Waals surface area contributed by atoms with Crippen LogP contribution in [-0.2, 0) is 31.0 Å². The molecule has 3 aromatic rings. The van der Waals surface area contributed by atoms with E-state index in [-0.39, 0.29) is 16.3 Å². The third kappa shape index (κ3) is 6.59. The Labute approximate surface area is 204 Å². The standard InChI is InChI=1S/C22H19F4N3O5S2/c1-14(28-35(31,32)17-8-4-6-15(12-17)22(24,25)26)21(30)27-16-7-5-9-18(13-16)36(33,34)29-20-11-3-2-10-19(20)23/h2-14,28-29H,1H3,(H,27,30)/t14-/m1/s1. The third-order valence-electron chi connectivity index (χ3n) is 4.73. The Kier molecular flexibility index (Phi) is 7.71. The zero-order chi connectivity index (χ0) is 26.7. The van der Waals surface area contributed by atoms with Gasteiger partial charge in [0.2, 0.25) is 15.9 Å². The second kappa shape index (κ2) is 10.2. The van der Waals surface area contributed by atoms with Crippen molar-refractivity contribution in [2.24, 2.45) is 0 Å². The molecule has 0 saturated heterocycles. The van der Waals surface area contributed by atoms with Gasteiger partial charge in [-0.05, 0) is 55.5 Å². The summed E-state index contributed by atoms with van der Waals surface area (Å²) in [5, 5.41) is 2.33. The van der Waals surface area contributed by atoms with Crippen LogP contribution in [0, 0.1) is 5.82 Å². The summed E-state index contributed by atoms with van der Waals surface area (Å²) in [6.45, 7) is 1.15. The number of carbonyl (C=O) groups excluding carboxylic acids is 1. The molecule has 8 nitrogen and oxygen atoms in total. The fourth-order valence-corrected chi connectivity index (χ4v) is 5.29. The molecule has 3 aromatic carbocycles. The second-order valence-corrected chi connectivity index (χ2v) is 10.9. The number of alkyl halides is 3. The first-order valence-corrected chi connectivity index (χ1v) is 13.0. The molecule has 36 heavy (non-hydrogen) atoms. The van der Waals surface area contributed by atoms with Crippen LogP contribution in [0.4, 0.5) is 28.9 Å². The van der Waals surface area contributed by atoms with Gasteiger partial charge in [0.05, 0.1) is 27.1 Å². The second-order valence-electron chi connectivity index (χ2n) is 7.47. The first-order valence-electron chi connectivity index (χ1n) is 10.1. The molecule has 0 bridgehead atoms. The number of rotatable bonds is 8. The van der Waals surface area contributed by atoms with Crippen LogP contribution in [0.15, 0.2) is 82.6 Å². The lowest BCUT2D eigenvalue weighted by atomic mass is 10.2. The smallest absolute Gasteiger partial charge is 0.325 e. The molecule has 14 heteroatoms. The molecule has 0 saturated carbocycles. The molecule has 0 aliphatic carbocycles. The summed E-state index contributed by atoms with van der Waals surface area (Å²) >= 11 is 0.